The van der Waals surface area contributed by atoms with Crippen molar-refractivity contribution < 1.29 is 4.39 Å². The van der Waals surface area contributed by atoms with E-state index in [-0.39, 0.29) is 10.6 Å². The van der Waals surface area contributed by atoms with Crippen LogP contribution in [0.5, 0.6) is 0 Å². The molecule has 0 fully saturated rings. The zero-order valence-corrected chi connectivity index (χ0v) is 10.6. The predicted octanol–water partition coefficient (Wildman–Crippen LogP) is 2.21. The third-order valence-corrected chi connectivity index (χ3v) is 3.01. The van der Waals surface area contributed by atoms with Crippen molar-refractivity contribution in [2.24, 2.45) is 0 Å². The maximum Gasteiger partial charge on any atom is 0.262 e. The molecule has 1 aromatic carbocycles. The van der Waals surface area contributed by atoms with Gasteiger partial charge in [-0.05, 0) is 19.1 Å². The van der Waals surface area contributed by atoms with Crippen molar-refractivity contribution in [3.05, 3.63) is 51.4 Å². The SMILES string of the molecule is Cc1nc2c(cnn2-c2ccc(Cl)c(F)c2)c(=O)[nH]1. The molecule has 0 spiro atoms. The largest absolute Gasteiger partial charge is 0.310 e. The van der Waals surface area contributed by atoms with Gasteiger partial charge in [-0.25, -0.2) is 14.1 Å². The van der Waals surface area contributed by atoms with Gasteiger partial charge in [0.15, 0.2) is 5.65 Å². The molecule has 2 heterocycles. The number of nitrogens with zero attached hydrogens (tertiary/aromatic N) is 3. The van der Waals surface area contributed by atoms with Gasteiger partial charge in [0.25, 0.3) is 5.56 Å². The average molecular weight is 279 g/mol. The number of halogens is 2. The number of rotatable bonds is 1. The van der Waals surface area contributed by atoms with Crippen LogP contribution >= 0.6 is 11.6 Å². The third kappa shape index (κ3) is 1.90. The summed E-state index contributed by atoms with van der Waals surface area (Å²) < 4.78 is 14.9. The second-order valence-corrected chi connectivity index (χ2v) is 4.45. The van der Waals surface area contributed by atoms with Crippen LogP contribution in [-0.2, 0) is 0 Å². The Hall–Kier alpha value is -2.21. The highest BCUT2D eigenvalue weighted by molar-refractivity contribution is 6.30. The van der Waals surface area contributed by atoms with Crippen molar-refractivity contribution in [2.75, 3.05) is 0 Å². The summed E-state index contributed by atoms with van der Waals surface area (Å²) in [6.07, 6.45) is 1.40. The number of aromatic nitrogens is 4. The molecule has 0 aliphatic carbocycles. The number of benzene rings is 1. The number of nitrogens with one attached hydrogen (secondary N) is 1. The number of H-pyrrole nitrogens is 1. The Morgan fingerprint density at radius 2 is 2.21 bits per heavy atom. The van der Waals surface area contributed by atoms with Gasteiger partial charge >= 0.3 is 0 Å². The lowest BCUT2D eigenvalue weighted by Gasteiger charge is -2.04. The molecule has 1 N–H and O–H groups in total. The van der Waals surface area contributed by atoms with E-state index in [0.29, 0.717) is 22.5 Å². The quantitative estimate of drug-likeness (QED) is 0.742. The molecule has 0 aliphatic rings. The van der Waals surface area contributed by atoms with Gasteiger partial charge in [-0.2, -0.15) is 5.10 Å². The summed E-state index contributed by atoms with van der Waals surface area (Å²) in [5.74, 6) is -0.0851. The Balaban J connectivity index is 2.31. The zero-order valence-electron chi connectivity index (χ0n) is 9.82. The fourth-order valence-electron chi connectivity index (χ4n) is 1.83. The normalized spacial score (nSPS) is 11.1. The molecule has 0 saturated carbocycles. The molecule has 3 rings (SSSR count). The predicted molar refractivity (Wildman–Crippen MR) is 69.2 cm³/mol. The fourth-order valence-corrected chi connectivity index (χ4v) is 1.95. The monoisotopic (exact) mass is 278 g/mol. The van der Waals surface area contributed by atoms with Crippen LogP contribution in [0.25, 0.3) is 16.7 Å². The summed E-state index contributed by atoms with van der Waals surface area (Å²) in [6, 6.07) is 4.28. The molecular weight excluding hydrogens is 271 g/mol. The lowest BCUT2D eigenvalue weighted by Crippen LogP contribution is -2.10. The highest BCUT2D eigenvalue weighted by Gasteiger charge is 2.11. The van der Waals surface area contributed by atoms with Gasteiger partial charge in [-0.15, -0.1) is 0 Å². The van der Waals surface area contributed by atoms with E-state index in [9.17, 15) is 9.18 Å². The number of hydrogen-bond acceptors (Lipinski definition) is 3. The summed E-state index contributed by atoms with van der Waals surface area (Å²) in [5.41, 5.74) is 0.556. The minimum atomic E-state index is -0.552. The molecule has 0 radical (unpaired) electrons. The molecule has 3 aromatic rings. The van der Waals surface area contributed by atoms with E-state index in [4.69, 9.17) is 11.6 Å². The van der Waals surface area contributed by atoms with Crippen molar-refractivity contribution >= 4 is 22.6 Å². The molecule has 0 bridgehead atoms. The van der Waals surface area contributed by atoms with E-state index in [1.54, 1.807) is 13.0 Å². The highest BCUT2D eigenvalue weighted by Crippen LogP contribution is 2.20. The number of fused-ring (bicyclic) bond motifs is 1. The van der Waals surface area contributed by atoms with Gasteiger partial charge in [0.05, 0.1) is 16.9 Å². The summed E-state index contributed by atoms with van der Waals surface area (Å²) in [6.45, 7) is 1.67. The van der Waals surface area contributed by atoms with Crippen LogP contribution in [0.3, 0.4) is 0 Å². The molecule has 0 saturated heterocycles. The van der Waals surface area contributed by atoms with Crippen LogP contribution in [-0.4, -0.2) is 19.7 Å². The third-order valence-electron chi connectivity index (χ3n) is 2.70. The lowest BCUT2D eigenvalue weighted by atomic mass is 10.3. The lowest BCUT2D eigenvalue weighted by molar-refractivity contribution is 0.626. The average Bonchev–Trinajstić information content (AvgIpc) is 2.76. The smallest absolute Gasteiger partial charge is 0.262 e. The van der Waals surface area contributed by atoms with Crippen molar-refractivity contribution in [2.45, 2.75) is 6.92 Å². The maximum absolute atomic E-state index is 13.5. The second-order valence-electron chi connectivity index (χ2n) is 4.04. The molecule has 0 atom stereocenters. The first-order chi connectivity index (χ1) is 9.06. The van der Waals surface area contributed by atoms with Gasteiger partial charge in [-0.1, -0.05) is 11.6 Å². The van der Waals surface area contributed by atoms with E-state index < -0.39 is 5.82 Å². The van der Waals surface area contributed by atoms with Crippen LogP contribution in [0.1, 0.15) is 5.82 Å². The van der Waals surface area contributed by atoms with Crippen molar-refractivity contribution in [1.82, 2.24) is 19.7 Å². The maximum atomic E-state index is 13.5. The molecule has 0 aliphatic heterocycles. The van der Waals surface area contributed by atoms with E-state index in [0.717, 1.165) is 0 Å². The van der Waals surface area contributed by atoms with Crippen LogP contribution in [0.4, 0.5) is 4.39 Å². The second kappa shape index (κ2) is 4.17. The van der Waals surface area contributed by atoms with E-state index >= 15 is 0 Å². The van der Waals surface area contributed by atoms with Crippen LogP contribution in [0.2, 0.25) is 5.02 Å². The first-order valence-electron chi connectivity index (χ1n) is 5.46. The number of aryl methyl sites for hydroxylation is 1. The molecule has 96 valence electrons. The first kappa shape index (κ1) is 11.9. The molecule has 5 nitrogen and oxygen atoms in total. The van der Waals surface area contributed by atoms with Crippen molar-refractivity contribution in [3.8, 4) is 5.69 Å². The highest BCUT2D eigenvalue weighted by atomic mass is 35.5. The van der Waals surface area contributed by atoms with Crippen molar-refractivity contribution in [1.29, 1.82) is 0 Å². The van der Waals surface area contributed by atoms with E-state index in [1.165, 1.54) is 23.0 Å². The van der Waals surface area contributed by atoms with Gasteiger partial charge in [0.2, 0.25) is 0 Å². The Bertz CT molecular complexity index is 839. The topological polar surface area (TPSA) is 63.6 Å². The molecule has 2 aromatic heterocycles. The molecule has 0 unspecified atom stereocenters. The summed E-state index contributed by atoms with van der Waals surface area (Å²) in [5, 5.41) is 4.44. The first-order valence-corrected chi connectivity index (χ1v) is 5.84. The molecular formula is C12H8ClFN4O. The molecule has 0 amide bonds. The van der Waals surface area contributed by atoms with Gasteiger partial charge in [-0.3, -0.25) is 4.79 Å². The van der Waals surface area contributed by atoms with Gasteiger partial charge in [0.1, 0.15) is 17.0 Å². The minimum Gasteiger partial charge on any atom is -0.310 e. The van der Waals surface area contributed by atoms with Crippen LogP contribution in [0, 0.1) is 12.7 Å². The fraction of sp³-hybridized carbons (Fsp3) is 0.0833. The standard InChI is InChI=1S/C12H8ClFN4O/c1-6-16-11-8(12(19)17-6)5-15-18(11)7-2-3-9(13)10(14)4-7/h2-5H,1H3,(H,16,17,19). The summed E-state index contributed by atoms with van der Waals surface area (Å²) >= 11 is 5.64. The van der Waals surface area contributed by atoms with Gasteiger partial charge in [0, 0.05) is 6.07 Å². The van der Waals surface area contributed by atoms with Crippen molar-refractivity contribution in [3.63, 3.8) is 0 Å². The Kier molecular flexibility index (Phi) is 2.60. The van der Waals surface area contributed by atoms with Crippen LogP contribution in [0.15, 0.2) is 29.2 Å². The Morgan fingerprint density at radius 1 is 1.42 bits per heavy atom. The summed E-state index contributed by atoms with van der Waals surface area (Å²) in [7, 11) is 0. The Morgan fingerprint density at radius 3 is 2.95 bits per heavy atom. The molecule has 7 heteroatoms. The minimum absolute atomic E-state index is 0.0298. The van der Waals surface area contributed by atoms with Crippen LogP contribution < -0.4 is 5.56 Å². The zero-order chi connectivity index (χ0) is 13.6. The van der Waals surface area contributed by atoms with Gasteiger partial charge < -0.3 is 4.98 Å². The number of aromatic amines is 1. The number of hydrogen-bond donors (Lipinski definition) is 1. The molecule has 19 heavy (non-hydrogen) atoms. The van der Waals surface area contributed by atoms with E-state index in [2.05, 4.69) is 15.1 Å². The Labute approximate surface area is 111 Å². The summed E-state index contributed by atoms with van der Waals surface area (Å²) in [4.78, 5) is 18.5. The van der Waals surface area contributed by atoms with E-state index in [1.807, 2.05) is 0 Å².